The maximum absolute atomic E-state index is 5.78. The lowest BCUT2D eigenvalue weighted by atomic mass is 10.0. The summed E-state index contributed by atoms with van der Waals surface area (Å²) in [6.45, 7) is 5.21. The lowest BCUT2D eigenvalue weighted by Gasteiger charge is -2.18. The summed E-state index contributed by atoms with van der Waals surface area (Å²) in [5, 5.41) is 3.40. The van der Waals surface area contributed by atoms with E-state index in [1.54, 1.807) is 0 Å². The third kappa shape index (κ3) is 3.61. The summed E-state index contributed by atoms with van der Waals surface area (Å²) in [6, 6.07) is 6.44. The number of para-hydroxylation sites is 1. The van der Waals surface area contributed by atoms with Gasteiger partial charge in [0.1, 0.15) is 5.75 Å². The number of rotatable bonds is 6. The minimum atomic E-state index is 0.857. The van der Waals surface area contributed by atoms with Crippen LogP contribution >= 0.6 is 0 Å². The Morgan fingerprint density at radius 2 is 2.28 bits per heavy atom. The van der Waals surface area contributed by atoms with E-state index in [1.165, 1.54) is 17.5 Å². The fourth-order valence-corrected chi connectivity index (χ4v) is 2.24. The number of benzene rings is 1. The largest absolute Gasteiger partial charge is 0.493 e. The van der Waals surface area contributed by atoms with Crippen molar-refractivity contribution in [2.45, 2.75) is 32.6 Å². The number of hydrogen-bond donors (Lipinski definition) is 1. The molecular weight excluding hydrogens is 222 g/mol. The molecule has 0 atom stereocenters. The summed E-state index contributed by atoms with van der Waals surface area (Å²) in [5.74, 6) is 1.10. The van der Waals surface area contributed by atoms with Gasteiger partial charge in [0.2, 0.25) is 0 Å². The average Bonchev–Trinajstić information content (AvgIpc) is 2.43. The van der Waals surface area contributed by atoms with E-state index in [1.807, 2.05) is 0 Å². The van der Waals surface area contributed by atoms with Crippen LogP contribution in [0.2, 0.25) is 0 Å². The van der Waals surface area contributed by atoms with Gasteiger partial charge in [-0.25, -0.2) is 0 Å². The van der Waals surface area contributed by atoms with Crippen molar-refractivity contribution in [1.29, 1.82) is 0 Å². The van der Waals surface area contributed by atoms with Crippen LogP contribution in [0.5, 0.6) is 5.75 Å². The molecule has 0 aromatic heterocycles. The van der Waals surface area contributed by atoms with Crippen LogP contribution in [0.1, 0.15) is 37.3 Å². The molecule has 2 nitrogen and oxygen atoms in total. The highest BCUT2D eigenvalue weighted by atomic mass is 16.5. The third-order valence-corrected chi connectivity index (χ3v) is 3.18. The van der Waals surface area contributed by atoms with E-state index >= 15 is 0 Å². The van der Waals surface area contributed by atoms with Gasteiger partial charge in [-0.05, 0) is 44.3 Å². The van der Waals surface area contributed by atoms with Crippen LogP contribution in [0.25, 0.3) is 6.08 Å². The van der Waals surface area contributed by atoms with Crippen molar-refractivity contribution in [3.05, 3.63) is 35.4 Å². The first kappa shape index (κ1) is 13.2. The quantitative estimate of drug-likeness (QED) is 0.775. The summed E-state index contributed by atoms with van der Waals surface area (Å²) in [4.78, 5) is 0. The van der Waals surface area contributed by atoms with Gasteiger partial charge in [-0.15, -0.1) is 0 Å². The highest BCUT2D eigenvalue weighted by molar-refractivity contribution is 5.60. The van der Waals surface area contributed by atoms with Crippen molar-refractivity contribution in [3.8, 4) is 5.75 Å². The maximum Gasteiger partial charge on any atom is 0.129 e. The molecule has 1 aliphatic heterocycles. The van der Waals surface area contributed by atoms with Crippen molar-refractivity contribution >= 4 is 6.08 Å². The van der Waals surface area contributed by atoms with Crippen LogP contribution in [-0.4, -0.2) is 19.7 Å². The zero-order valence-electron chi connectivity index (χ0n) is 11.2. The van der Waals surface area contributed by atoms with E-state index in [2.05, 4.69) is 42.6 Å². The fraction of sp³-hybridized carbons (Fsp3) is 0.500. The molecule has 0 amide bonds. The van der Waals surface area contributed by atoms with Gasteiger partial charge in [0, 0.05) is 5.56 Å². The van der Waals surface area contributed by atoms with Gasteiger partial charge in [0.05, 0.1) is 6.61 Å². The Labute approximate surface area is 110 Å². The molecule has 1 heterocycles. The number of nitrogens with one attached hydrogen (secondary N) is 1. The van der Waals surface area contributed by atoms with E-state index in [0.717, 1.165) is 44.7 Å². The molecule has 0 spiro atoms. The highest BCUT2D eigenvalue weighted by Crippen LogP contribution is 2.29. The Morgan fingerprint density at radius 1 is 1.33 bits per heavy atom. The first-order chi connectivity index (χ1) is 8.92. The minimum absolute atomic E-state index is 0.857. The predicted molar refractivity (Wildman–Crippen MR) is 77.1 cm³/mol. The normalized spacial score (nSPS) is 14.5. The zero-order valence-corrected chi connectivity index (χ0v) is 11.2. The number of ether oxygens (including phenoxy) is 1. The second-order valence-corrected chi connectivity index (χ2v) is 4.73. The Bertz CT molecular complexity index is 398. The standard InChI is InChI=1S/C16H23NO/c1-2-11-17-12-4-3-7-14-8-5-9-15-10-6-13-18-16(14)15/h3,5,7-9,17H,2,4,6,10-13H2,1H3/b7-3+. The van der Waals surface area contributed by atoms with Crippen molar-refractivity contribution < 1.29 is 4.74 Å². The Balaban J connectivity index is 1.90. The van der Waals surface area contributed by atoms with Gasteiger partial charge in [0.25, 0.3) is 0 Å². The Hall–Kier alpha value is -1.28. The molecule has 1 aromatic carbocycles. The monoisotopic (exact) mass is 245 g/mol. The van der Waals surface area contributed by atoms with Crippen LogP contribution in [0.4, 0.5) is 0 Å². The van der Waals surface area contributed by atoms with E-state index in [-0.39, 0.29) is 0 Å². The molecule has 0 saturated carbocycles. The summed E-state index contributed by atoms with van der Waals surface area (Å²) in [6.07, 6.45) is 8.98. The van der Waals surface area contributed by atoms with Crippen molar-refractivity contribution in [3.63, 3.8) is 0 Å². The Kier molecular flexibility index (Phi) is 5.28. The molecule has 0 unspecified atom stereocenters. The molecule has 0 aliphatic carbocycles. The second kappa shape index (κ2) is 7.22. The molecule has 1 aliphatic rings. The van der Waals surface area contributed by atoms with E-state index < -0.39 is 0 Å². The van der Waals surface area contributed by atoms with Crippen LogP contribution < -0.4 is 10.1 Å². The van der Waals surface area contributed by atoms with E-state index in [4.69, 9.17) is 4.74 Å². The fourth-order valence-electron chi connectivity index (χ4n) is 2.24. The Morgan fingerprint density at radius 3 is 3.17 bits per heavy atom. The van der Waals surface area contributed by atoms with Crippen LogP contribution in [0.3, 0.4) is 0 Å². The predicted octanol–water partition coefficient (Wildman–Crippen LogP) is 3.41. The zero-order chi connectivity index (χ0) is 12.6. The number of fused-ring (bicyclic) bond motifs is 1. The van der Waals surface area contributed by atoms with Gasteiger partial charge >= 0.3 is 0 Å². The summed E-state index contributed by atoms with van der Waals surface area (Å²) in [7, 11) is 0. The molecule has 0 saturated heterocycles. The average molecular weight is 245 g/mol. The van der Waals surface area contributed by atoms with Crippen molar-refractivity contribution in [2.24, 2.45) is 0 Å². The minimum Gasteiger partial charge on any atom is -0.493 e. The van der Waals surface area contributed by atoms with E-state index in [0.29, 0.717) is 0 Å². The number of aryl methyl sites for hydroxylation is 1. The van der Waals surface area contributed by atoms with Crippen molar-refractivity contribution in [1.82, 2.24) is 5.32 Å². The highest BCUT2D eigenvalue weighted by Gasteiger charge is 2.12. The third-order valence-electron chi connectivity index (χ3n) is 3.18. The topological polar surface area (TPSA) is 21.3 Å². The molecule has 0 fully saturated rings. The molecule has 1 N–H and O–H groups in total. The summed E-state index contributed by atoms with van der Waals surface area (Å²) >= 11 is 0. The molecule has 2 rings (SSSR count). The molecule has 1 aromatic rings. The molecule has 18 heavy (non-hydrogen) atoms. The van der Waals surface area contributed by atoms with E-state index in [9.17, 15) is 0 Å². The second-order valence-electron chi connectivity index (χ2n) is 4.73. The summed E-state index contributed by atoms with van der Waals surface area (Å²) in [5.41, 5.74) is 2.58. The molecule has 0 bridgehead atoms. The first-order valence-electron chi connectivity index (χ1n) is 7.03. The van der Waals surface area contributed by atoms with Gasteiger partial charge in [0.15, 0.2) is 0 Å². The van der Waals surface area contributed by atoms with Crippen LogP contribution in [0, 0.1) is 0 Å². The van der Waals surface area contributed by atoms with Crippen molar-refractivity contribution in [2.75, 3.05) is 19.7 Å². The SMILES string of the molecule is CCCNCC/C=C/c1cccc2c1OCCC2. The first-order valence-corrected chi connectivity index (χ1v) is 7.03. The molecule has 2 heteroatoms. The van der Waals surface area contributed by atoms with Crippen LogP contribution in [0.15, 0.2) is 24.3 Å². The van der Waals surface area contributed by atoms with Gasteiger partial charge in [-0.2, -0.15) is 0 Å². The molecular formula is C16H23NO. The van der Waals surface area contributed by atoms with Gasteiger partial charge < -0.3 is 10.1 Å². The maximum atomic E-state index is 5.78. The summed E-state index contributed by atoms with van der Waals surface area (Å²) < 4.78 is 5.78. The molecule has 0 radical (unpaired) electrons. The van der Waals surface area contributed by atoms with Gasteiger partial charge in [-0.1, -0.05) is 37.3 Å². The lowest BCUT2D eigenvalue weighted by molar-refractivity contribution is 0.287. The number of hydrogen-bond acceptors (Lipinski definition) is 2. The smallest absolute Gasteiger partial charge is 0.129 e. The lowest BCUT2D eigenvalue weighted by Crippen LogP contribution is -2.15. The van der Waals surface area contributed by atoms with Gasteiger partial charge in [-0.3, -0.25) is 0 Å². The van der Waals surface area contributed by atoms with Crippen LogP contribution in [-0.2, 0) is 6.42 Å². The molecule has 98 valence electrons.